The molecule has 2 aromatic carbocycles. The van der Waals surface area contributed by atoms with E-state index in [1.165, 1.54) is 5.56 Å². The molecule has 0 bridgehead atoms. The molecule has 0 spiro atoms. The monoisotopic (exact) mass is 265 g/mol. The molecular weight excluding hydrogens is 246 g/mol. The molecule has 0 unspecified atom stereocenters. The number of aryl methyl sites for hydroxylation is 1. The van der Waals surface area contributed by atoms with E-state index in [1.807, 2.05) is 56.3 Å². The number of Topliss-reactive ketones (excluding diaryl/α,β-unsaturated/α-hetero) is 1. The second-order valence-electron chi connectivity index (χ2n) is 5.06. The third-order valence-electron chi connectivity index (χ3n) is 3.21. The first-order valence-electron chi connectivity index (χ1n) is 6.62. The first-order chi connectivity index (χ1) is 9.49. The number of carbonyl (C=O) groups is 1. The highest BCUT2D eigenvalue weighted by Crippen LogP contribution is 2.28. The second-order valence-corrected chi connectivity index (χ2v) is 5.06. The molecule has 0 atom stereocenters. The van der Waals surface area contributed by atoms with Crippen molar-refractivity contribution >= 4 is 22.7 Å². The summed E-state index contributed by atoms with van der Waals surface area (Å²) in [6.07, 6.45) is 0. The van der Waals surface area contributed by atoms with Crippen molar-refractivity contribution in [2.45, 2.75) is 20.8 Å². The van der Waals surface area contributed by atoms with Crippen molar-refractivity contribution in [3.05, 3.63) is 65.7 Å². The third kappa shape index (κ3) is 2.97. The predicted molar refractivity (Wildman–Crippen MR) is 85.6 cm³/mol. The lowest BCUT2D eigenvalue weighted by molar-refractivity contribution is 0.101. The number of allylic oxidation sites excluding steroid dienone is 1. The number of carbonyl (C=O) groups excluding carboxylic acids is 1. The van der Waals surface area contributed by atoms with Gasteiger partial charge in [0, 0.05) is 16.9 Å². The first kappa shape index (κ1) is 14.1. The van der Waals surface area contributed by atoms with Crippen LogP contribution in [-0.4, -0.2) is 5.78 Å². The Hall–Kier alpha value is -2.35. The van der Waals surface area contributed by atoms with Crippen LogP contribution >= 0.6 is 0 Å². The number of hydrogen-bond donors (Lipinski definition) is 1. The van der Waals surface area contributed by atoms with Crippen LogP contribution in [0.3, 0.4) is 0 Å². The first-order valence-corrected chi connectivity index (χ1v) is 6.62. The van der Waals surface area contributed by atoms with Crippen molar-refractivity contribution in [2.24, 2.45) is 0 Å². The maximum absolute atomic E-state index is 12.0. The molecule has 0 aliphatic carbocycles. The molecule has 20 heavy (non-hydrogen) atoms. The standard InChI is InChI=1S/C18H19NO/c1-12(2)16-6-5-7-17(18(16)14(4)20)19-15-10-8-13(3)9-11-15/h5-11,19H,1H2,2-4H3. The molecule has 0 amide bonds. The molecule has 0 radical (unpaired) electrons. The summed E-state index contributed by atoms with van der Waals surface area (Å²) in [5, 5.41) is 3.31. The van der Waals surface area contributed by atoms with Gasteiger partial charge < -0.3 is 5.32 Å². The zero-order valence-electron chi connectivity index (χ0n) is 12.2. The van der Waals surface area contributed by atoms with Crippen molar-refractivity contribution in [2.75, 3.05) is 5.32 Å². The maximum atomic E-state index is 12.0. The Kier molecular flexibility index (Phi) is 4.04. The SMILES string of the molecule is C=C(C)c1cccc(Nc2ccc(C)cc2)c1C(C)=O. The number of rotatable bonds is 4. The zero-order chi connectivity index (χ0) is 14.7. The highest BCUT2D eigenvalue weighted by molar-refractivity contribution is 6.04. The van der Waals surface area contributed by atoms with E-state index in [0.717, 1.165) is 22.5 Å². The minimum absolute atomic E-state index is 0.0400. The molecule has 0 aromatic heterocycles. The zero-order valence-corrected chi connectivity index (χ0v) is 12.2. The summed E-state index contributed by atoms with van der Waals surface area (Å²) in [5.74, 6) is 0.0400. The Morgan fingerprint density at radius 2 is 1.70 bits per heavy atom. The van der Waals surface area contributed by atoms with E-state index < -0.39 is 0 Å². The number of benzene rings is 2. The molecule has 0 aliphatic rings. The maximum Gasteiger partial charge on any atom is 0.162 e. The van der Waals surface area contributed by atoms with Gasteiger partial charge >= 0.3 is 0 Å². The van der Waals surface area contributed by atoms with E-state index >= 15 is 0 Å². The van der Waals surface area contributed by atoms with Gasteiger partial charge in [0.25, 0.3) is 0 Å². The van der Waals surface area contributed by atoms with Crippen molar-refractivity contribution in [3.63, 3.8) is 0 Å². The summed E-state index contributed by atoms with van der Waals surface area (Å²) >= 11 is 0. The van der Waals surface area contributed by atoms with Crippen LogP contribution in [0.4, 0.5) is 11.4 Å². The number of anilines is 2. The van der Waals surface area contributed by atoms with Gasteiger partial charge in [-0.3, -0.25) is 4.79 Å². The van der Waals surface area contributed by atoms with Gasteiger partial charge in [0.15, 0.2) is 5.78 Å². The van der Waals surface area contributed by atoms with E-state index in [2.05, 4.69) is 11.9 Å². The lowest BCUT2D eigenvalue weighted by atomic mass is 9.97. The van der Waals surface area contributed by atoms with Crippen LogP contribution in [0.25, 0.3) is 5.57 Å². The summed E-state index contributed by atoms with van der Waals surface area (Å²) in [4.78, 5) is 12.0. The molecule has 2 aromatic rings. The Balaban J connectivity index is 2.46. The Morgan fingerprint density at radius 1 is 1.05 bits per heavy atom. The predicted octanol–water partition coefficient (Wildman–Crippen LogP) is 4.97. The molecule has 0 fully saturated rings. The highest BCUT2D eigenvalue weighted by Gasteiger charge is 2.13. The molecule has 0 saturated carbocycles. The number of hydrogen-bond acceptors (Lipinski definition) is 2. The summed E-state index contributed by atoms with van der Waals surface area (Å²) < 4.78 is 0. The van der Waals surface area contributed by atoms with E-state index in [4.69, 9.17) is 0 Å². The van der Waals surface area contributed by atoms with Crippen LogP contribution in [0.15, 0.2) is 49.0 Å². The normalized spacial score (nSPS) is 10.2. The van der Waals surface area contributed by atoms with Crippen LogP contribution in [0.5, 0.6) is 0 Å². The van der Waals surface area contributed by atoms with Gasteiger partial charge in [-0.25, -0.2) is 0 Å². The highest BCUT2D eigenvalue weighted by atomic mass is 16.1. The van der Waals surface area contributed by atoms with Gasteiger partial charge in [0.05, 0.1) is 0 Å². The Labute approximate surface area is 120 Å². The summed E-state index contributed by atoms with van der Waals surface area (Å²) in [5.41, 5.74) is 5.48. The third-order valence-corrected chi connectivity index (χ3v) is 3.21. The molecule has 2 rings (SSSR count). The molecule has 2 nitrogen and oxygen atoms in total. The number of ketones is 1. The van der Waals surface area contributed by atoms with Crippen LogP contribution in [-0.2, 0) is 0 Å². The largest absolute Gasteiger partial charge is 0.355 e. The van der Waals surface area contributed by atoms with E-state index in [-0.39, 0.29) is 5.78 Å². The van der Waals surface area contributed by atoms with Crippen molar-refractivity contribution in [1.82, 2.24) is 0 Å². The number of nitrogens with one attached hydrogen (secondary N) is 1. The molecular formula is C18H19NO. The molecule has 102 valence electrons. The van der Waals surface area contributed by atoms with Crippen molar-refractivity contribution < 1.29 is 4.79 Å². The van der Waals surface area contributed by atoms with Crippen molar-refractivity contribution in [3.8, 4) is 0 Å². The minimum Gasteiger partial charge on any atom is -0.355 e. The van der Waals surface area contributed by atoms with E-state index in [0.29, 0.717) is 5.56 Å². The van der Waals surface area contributed by atoms with Crippen LogP contribution in [0.2, 0.25) is 0 Å². The summed E-state index contributed by atoms with van der Waals surface area (Å²) in [6, 6.07) is 13.9. The molecule has 2 heteroatoms. The van der Waals surface area contributed by atoms with Gasteiger partial charge in [-0.15, -0.1) is 0 Å². The average Bonchev–Trinajstić information content (AvgIpc) is 2.40. The van der Waals surface area contributed by atoms with Gasteiger partial charge in [0.2, 0.25) is 0 Å². The smallest absolute Gasteiger partial charge is 0.162 e. The van der Waals surface area contributed by atoms with E-state index in [1.54, 1.807) is 6.92 Å². The van der Waals surface area contributed by atoms with Gasteiger partial charge in [0.1, 0.15) is 0 Å². The molecule has 0 saturated heterocycles. The van der Waals surface area contributed by atoms with Crippen LogP contribution in [0, 0.1) is 6.92 Å². The fourth-order valence-electron chi connectivity index (χ4n) is 2.18. The lowest BCUT2D eigenvalue weighted by Gasteiger charge is -2.14. The fraction of sp³-hybridized carbons (Fsp3) is 0.167. The quantitative estimate of drug-likeness (QED) is 0.790. The molecule has 1 N–H and O–H groups in total. The molecule has 0 heterocycles. The van der Waals surface area contributed by atoms with Crippen LogP contribution < -0.4 is 5.32 Å². The lowest BCUT2D eigenvalue weighted by Crippen LogP contribution is -2.04. The topological polar surface area (TPSA) is 29.1 Å². The fourth-order valence-corrected chi connectivity index (χ4v) is 2.18. The van der Waals surface area contributed by atoms with Crippen molar-refractivity contribution in [1.29, 1.82) is 0 Å². The summed E-state index contributed by atoms with van der Waals surface area (Å²) in [7, 11) is 0. The minimum atomic E-state index is 0.0400. The molecule has 0 aliphatic heterocycles. The van der Waals surface area contributed by atoms with Gasteiger partial charge in [-0.2, -0.15) is 0 Å². The second kappa shape index (κ2) is 5.74. The van der Waals surface area contributed by atoms with Gasteiger partial charge in [-0.1, -0.05) is 42.0 Å². The van der Waals surface area contributed by atoms with Crippen LogP contribution in [0.1, 0.15) is 35.3 Å². The summed E-state index contributed by atoms with van der Waals surface area (Å²) in [6.45, 7) is 9.50. The average molecular weight is 265 g/mol. The Bertz CT molecular complexity index is 654. The van der Waals surface area contributed by atoms with E-state index in [9.17, 15) is 4.79 Å². The Morgan fingerprint density at radius 3 is 2.25 bits per heavy atom. The van der Waals surface area contributed by atoms with Gasteiger partial charge in [-0.05, 0) is 44.5 Å².